The molecular formula is C17H28O2. The van der Waals surface area contributed by atoms with Crippen LogP contribution in [0.3, 0.4) is 0 Å². The molecule has 0 aliphatic heterocycles. The Labute approximate surface area is 117 Å². The molecule has 2 rings (SSSR count). The smallest absolute Gasteiger partial charge is 0.0564 e. The minimum Gasteiger partial charge on any atom is -0.393 e. The van der Waals surface area contributed by atoms with Crippen LogP contribution < -0.4 is 0 Å². The van der Waals surface area contributed by atoms with Gasteiger partial charge in [0.25, 0.3) is 0 Å². The van der Waals surface area contributed by atoms with Crippen LogP contribution in [0.4, 0.5) is 0 Å². The Hall–Kier alpha value is -0.600. The Kier molecular flexibility index (Phi) is 5.23. The Bertz CT molecular complexity index is 343. The van der Waals surface area contributed by atoms with Crippen molar-refractivity contribution in [1.29, 1.82) is 0 Å². The molecule has 0 spiro atoms. The van der Waals surface area contributed by atoms with E-state index in [0.717, 1.165) is 12.8 Å². The van der Waals surface area contributed by atoms with Gasteiger partial charge in [0.2, 0.25) is 0 Å². The first kappa shape index (κ1) is 14.8. The molecule has 0 heterocycles. The summed E-state index contributed by atoms with van der Waals surface area (Å²) in [5.74, 6) is 1.98. The number of allylic oxidation sites excluding steroid dienone is 4. The maximum atomic E-state index is 9.94. The van der Waals surface area contributed by atoms with Crippen LogP contribution in [0.2, 0.25) is 0 Å². The van der Waals surface area contributed by atoms with Crippen molar-refractivity contribution in [3.05, 3.63) is 23.8 Å². The lowest BCUT2D eigenvalue weighted by Gasteiger charge is -2.37. The third kappa shape index (κ3) is 3.93. The van der Waals surface area contributed by atoms with Gasteiger partial charge >= 0.3 is 0 Å². The lowest BCUT2D eigenvalue weighted by Crippen LogP contribution is -2.28. The van der Waals surface area contributed by atoms with Gasteiger partial charge in [-0.3, -0.25) is 0 Å². The summed E-state index contributed by atoms with van der Waals surface area (Å²) in [6.45, 7) is 4.05. The normalized spacial score (nSPS) is 33.5. The van der Waals surface area contributed by atoms with Crippen molar-refractivity contribution >= 4 is 0 Å². The Morgan fingerprint density at radius 3 is 2.89 bits per heavy atom. The fourth-order valence-electron chi connectivity index (χ4n) is 3.71. The van der Waals surface area contributed by atoms with Crippen LogP contribution in [-0.4, -0.2) is 22.4 Å². The summed E-state index contributed by atoms with van der Waals surface area (Å²) in [6, 6.07) is 0. The topological polar surface area (TPSA) is 40.5 Å². The molecule has 2 heteroatoms. The zero-order chi connectivity index (χ0) is 13.8. The average molecular weight is 264 g/mol. The van der Waals surface area contributed by atoms with E-state index in [1.165, 1.54) is 24.8 Å². The van der Waals surface area contributed by atoms with Crippen LogP contribution >= 0.6 is 0 Å². The summed E-state index contributed by atoms with van der Waals surface area (Å²) in [5.41, 5.74) is 1.53. The van der Waals surface area contributed by atoms with E-state index in [4.69, 9.17) is 0 Å². The SMILES string of the molecule is C[C@H](O)C[C@@H](O)CC[C@H]1[C@@H](C)C=CC2=CCCC[C@@H]21. The molecule has 0 saturated heterocycles. The van der Waals surface area contributed by atoms with Gasteiger partial charge in [-0.1, -0.05) is 25.2 Å². The summed E-state index contributed by atoms with van der Waals surface area (Å²) in [4.78, 5) is 0. The zero-order valence-electron chi connectivity index (χ0n) is 12.3. The Balaban J connectivity index is 1.93. The van der Waals surface area contributed by atoms with Gasteiger partial charge in [-0.15, -0.1) is 0 Å². The molecule has 108 valence electrons. The quantitative estimate of drug-likeness (QED) is 0.798. The second kappa shape index (κ2) is 6.71. The van der Waals surface area contributed by atoms with E-state index in [1.807, 2.05) is 0 Å². The van der Waals surface area contributed by atoms with Gasteiger partial charge in [0.15, 0.2) is 0 Å². The van der Waals surface area contributed by atoms with Gasteiger partial charge in [0, 0.05) is 0 Å². The van der Waals surface area contributed by atoms with Gasteiger partial charge in [0.1, 0.15) is 0 Å². The van der Waals surface area contributed by atoms with Crippen molar-refractivity contribution in [2.45, 2.75) is 64.6 Å². The highest BCUT2D eigenvalue weighted by Gasteiger charge is 2.31. The number of hydrogen-bond acceptors (Lipinski definition) is 2. The van der Waals surface area contributed by atoms with E-state index in [0.29, 0.717) is 24.2 Å². The first-order valence-corrected chi connectivity index (χ1v) is 7.82. The molecule has 0 aromatic carbocycles. The summed E-state index contributed by atoms with van der Waals surface area (Å²) in [5, 5.41) is 19.3. The minimum absolute atomic E-state index is 0.353. The maximum Gasteiger partial charge on any atom is 0.0564 e. The summed E-state index contributed by atoms with van der Waals surface area (Å²) < 4.78 is 0. The number of hydrogen-bond donors (Lipinski definition) is 2. The van der Waals surface area contributed by atoms with Crippen LogP contribution in [0.25, 0.3) is 0 Å². The van der Waals surface area contributed by atoms with Crippen molar-refractivity contribution in [3.63, 3.8) is 0 Å². The lowest BCUT2D eigenvalue weighted by atomic mass is 9.68. The van der Waals surface area contributed by atoms with Gasteiger partial charge in [0.05, 0.1) is 12.2 Å². The molecule has 19 heavy (non-hydrogen) atoms. The van der Waals surface area contributed by atoms with Crippen LogP contribution in [-0.2, 0) is 0 Å². The molecule has 0 saturated carbocycles. The van der Waals surface area contributed by atoms with Crippen LogP contribution in [0.5, 0.6) is 0 Å². The highest BCUT2D eigenvalue weighted by molar-refractivity contribution is 5.28. The second-order valence-corrected chi connectivity index (χ2v) is 6.44. The van der Waals surface area contributed by atoms with Crippen LogP contribution in [0.1, 0.15) is 52.4 Å². The highest BCUT2D eigenvalue weighted by Crippen LogP contribution is 2.42. The second-order valence-electron chi connectivity index (χ2n) is 6.44. The number of fused-ring (bicyclic) bond motifs is 1. The first-order valence-electron chi connectivity index (χ1n) is 7.82. The monoisotopic (exact) mass is 264 g/mol. The number of rotatable bonds is 5. The van der Waals surface area contributed by atoms with Crippen LogP contribution in [0.15, 0.2) is 23.8 Å². The molecular weight excluding hydrogens is 236 g/mol. The summed E-state index contributed by atoms with van der Waals surface area (Å²) in [7, 11) is 0. The molecule has 0 radical (unpaired) electrons. The molecule has 0 unspecified atom stereocenters. The fraction of sp³-hybridized carbons (Fsp3) is 0.765. The lowest BCUT2D eigenvalue weighted by molar-refractivity contribution is 0.0758. The molecule has 0 aromatic rings. The van der Waals surface area contributed by atoms with Gasteiger partial charge in [-0.2, -0.15) is 0 Å². The van der Waals surface area contributed by atoms with E-state index in [1.54, 1.807) is 6.92 Å². The average Bonchev–Trinajstić information content (AvgIpc) is 2.36. The third-order valence-electron chi connectivity index (χ3n) is 4.76. The molecule has 5 atom stereocenters. The fourth-order valence-corrected chi connectivity index (χ4v) is 3.71. The van der Waals surface area contributed by atoms with E-state index >= 15 is 0 Å². The molecule has 0 bridgehead atoms. The van der Waals surface area contributed by atoms with Crippen molar-refractivity contribution in [2.24, 2.45) is 17.8 Å². The van der Waals surface area contributed by atoms with E-state index in [-0.39, 0.29) is 6.10 Å². The van der Waals surface area contributed by atoms with Crippen molar-refractivity contribution < 1.29 is 10.2 Å². The third-order valence-corrected chi connectivity index (χ3v) is 4.76. The molecule has 2 N–H and O–H groups in total. The summed E-state index contributed by atoms with van der Waals surface area (Å²) in [6.07, 6.45) is 12.5. The van der Waals surface area contributed by atoms with Crippen molar-refractivity contribution in [3.8, 4) is 0 Å². The molecule has 0 amide bonds. The first-order chi connectivity index (χ1) is 9.08. The predicted octanol–water partition coefficient (Wildman–Crippen LogP) is 3.45. The van der Waals surface area contributed by atoms with Gasteiger partial charge < -0.3 is 10.2 Å². The Morgan fingerprint density at radius 1 is 1.37 bits per heavy atom. The molecule has 2 aliphatic carbocycles. The molecule has 0 aromatic heterocycles. The maximum absolute atomic E-state index is 9.94. The predicted molar refractivity (Wildman–Crippen MR) is 78.8 cm³/mol. The molecule has 2 aliphatic rings. The van der Waals surface area contributed by atoms with Crippen molar-refractivity contribution in [1.82, 2.24) is 0 Å². The summed E-state index contributed by atoms with van der Waals surface area (Å²) >= 11 is 0. The number of aliphatic hydroxyl groups is 2. The number of aliphatic hydroxyl groups excluding tert-OH is 2. The van der Waals surface area contributed by atoms with Crippen LogP contribution in [0, 0.1) is 17.8 Å². The standard InChI is InChI=1S/C17H28O2/c1-12-7-8-14-5-3-4-6-17(14)16(12)10-9-15(19)11-13(2)18/h5,7-8,12-13,15-19H,3-4,6,9-11H2,1-2H3/t12-,13-,15-,16-,17-/m0/s1. The van der Waals surface area contributed by atoms with E-state index in [2.05, 4.69) is 25.2 Å². The minimum atomic E-state index is -0.399. The highest BCUT2D eigenvalue weighted by atomic mass is 16.3. The van der Waals surface area contributed by atoms with E-state index < -0.39 is 6.10 Å². The zero-order valence-corrected chi connectivity index (χ0v) is 12.3. The van der Waals surface area contributed by atoms with Gasteiger partial charge in [-0.05, 0) is 68.8 Å². The molecule has 2 nitrogen and oxygen atoms in total. The largest absolute Gasteiger partial charge is 0.393 e. The Morgan fingerprint density at radius 2 is 2.16 bits per heavy atom. The van der Waals surface area contributed by atoms with E-state index in [9.17, 15) is 10.2 Å². The van der Waals surface area contributed by atoms with Gasteiger partial charge in [-0.25, -0.2) is 0 Å². The van der Waals surface area contributed by atoms with Crippen molar-refractivity contribution in [2.75, 3.05) is 0 Å². The molecule has 0 fully saturated rings.